The van der Waals surface area contributed by atoms with E-state index in [0.717, 1.165) is 5.92 Å². The molecule has 1 aromatic carbocycles. The fourth-order valence-electron chi connectivity index (χ4n) is 2.15. The van der Waals surface area contributed by atoms with Gasteiger partial charge in [0.1, 0.15) is 18.5 Å². The lowest BCUT2D eigenvalue weighted by Gasteiger charge is -2.27. The number of aliphatic hydroxyl groups excluding tert-OH is 1. The number of rotatable bonds is 7. The second-order valence-electron chi connectivity index (χ2n) is 5.92. The van der Waals surface area contributed by atoms with Gasteiger partial charge in [-0.25, -0.2) is 0 Å². The second kappa shape index (κ2) is 6.52. The highest BCUT2D eigenvalue weighted by Gasteiger charge is 2.37. The predicted octanol–water partition coefficient (Wildman–Crippen LogP) is 3.51. The van der Waals surface area contributed by atoms with E-state index in [-0.39, 0.29) is 12.1 Å². The first-order valence-corrected chi connectivity index (χ1v) is 7.65. The molecule has 3 nitrogen and oxygen atoms in total. The van der Waals surface area contributed by atoms with Crippen molar-refractivity contribution in [1.82, 2.24) is 5.32 Å². The normalized spacial score (nSPS) is 17.1. The van der Waals surface area contributed by atoms with Gasteiger partial charge in [-0.2, -0.15) is 0 Å². The first kappa shape index (κ1) is 15.9. The van der Waals surface area contributed by atoms with Crippen molar-refractivity contribution in [2.45, 2.75) is 38.3 Å². The molecule has 1 saturated carbocycles. The largest absolute Gasteiger partial charge is 0.491 e. The van der Waals surface area contributed by atoms with Crippen LogP contribution in [0.4, 0.5) is 0 Å². The number of aliphatic hydroxyl groups is 1. The molecule has 1 unspecified atom stereocenters. The number of β-amino-alcohol motifs (C(OH)–C–C–N with tert-alkyl or cyclic N) is 1. The number of ether oxygens (including phenoxy) is 1. The van der Waals surface area contributed by atoms with Crippen LogP contribution in [0.15, 0.2) is 18.2 Å². The quantitative estimate of drug-likeness (QED) is 0.808. The van der Waals surface area contributed by atoms with Crippen LogP contribution < -0.4 is 10.1 Å². The topological polar surface area (TPSA) is 41.5 Å². The van der Waals surface area contributed by atoms with Gasteiger partial charge in [-0.1, -0.05) is 23.2 Å². The van der Waals surface area contributed by atoms with Crippen LogP contribution in [0.1, 0.15) is 26.7 Å². The average Bonchev–Trinajstić information content (AvgIpc) is 3.22. The summed E-state index contributed by atoms with van der Waals surface area (Å²) in [5.41, 5.74) is 0.0879. The molecule has 0 spiro atoms. The third kappa shape index (κ3) is 4.52. The summed E-state index contributed by atoms with van der Waals surface area (Å²) < 4.78 is 5.51. The van der Waals surface area contributed by atoms with Gasteiger partial charge in [0.25, 0.3) is 0 Å². The maximum atomic E-state index is 9.95. The Balaban J connectivity index is 1.74. The lowest BCUT2D eigenvalue weighted by Crippen LogP contribution is -2.46. The Morgan fingerprint density at radius 1 is 1.35 bits per heavy atom. The van der Waals surface area contributed by atoms with Gasteiger partial charge in [0.15, 0.2) is 0 Å². The fourth-order valence-corrected chi connectivity index (χ4v) is 2.44. The van der Waals surface area contributed by atoms with E-state index in [9.17, 15) is 5.11 Å². The van der Waals surface area contributed by atoms with Crippen LogP contribution in [0.2, 0.25) is 10.0 Å². The van der Waals surface area contributed by atoms with E-state index in [1.54, 1.807) is 18.2 Å². The molecule has 0 heterocycles. The van der Waals surface area contributed by atoms with Crippen LogP contribution in [-0.2, 0) is 0 Å². The molecular formula is C15H21Cl2NO2. The minimum absolute atomic E-state index is 0.0879. The van der Waals surface area contributed by atoms with Gasteiger partial charge in [0, 0.05) is 18.2 Å². The maximum absolute atomic E-state index is 9.95. The highest BCUT2D eigenvalue weighted by atomic mass is 35.5. The summed E-state index contributed by atoms with van der Waals surface area (Å²) in [7, 11) is 0. The Labute approximate surface area is 130 Å². The lowest BCUT2D eigenvalue weighted by atomic mass is 9.98. The maximum Gasteiger partial charge on any atom is 0.121 e. The zero-order valence-electron chi connectivity index (χ0n) is 11.8. The zero-order chi connectivity index (χ0) is 14.8. The van der Waals surface area contributed by atoms with E-state index in [0.29, 0.717) is 22.3 Å². The molecule has 5 heteroatoms. The molecule has 1 aliphatic carbocycles. The summed E-state index contributed by atoms with van der Waals surface area (Å²) in [6, 6.07) is 5.07. The number of hydrogen-bond donors (Lipinski definition) is 2. The van der Waals surface area contributed by atoms with Crippen LogP contribution >= 0.6 is 23.2 Å². The molecule has 1 aromatic rings. The van der Waals surface area contributed by atoms with E-state index in [2.05, 4.69) is 19.2 Å². The van der Waals surface area contributed by atoms with Crippen molar-refractivity contribution in [1.29, 1.82) is 0 Å². The summed E-state index contributed by atoms with van der Waals surface area (Å²) in [4.78, 5) is 0. The van der Waals surface area contributed by atoms with Crippen LogP contribution in [0.25, 0.3) is 0 Å². The molecular weight excluding hydrogens is 297 g/mol. The van der Waals surface area contributed by atoms with Crippen molar-refractivity contribution in [2.75, 3.05) is 13.2 Å². The molecule has 112 valence electrons. The Kier molecular flexibility index (Phi) is 5.19. The SMILES string of the molecule is CC(C)(NCC(O)COc1ccc(Cl)c(Cl)c1)C1CC1. The minimum atomic E-state index is -0.553. The molecule has 0 saturated heterocycles. The van der Waals surface area contributed by atoms with Gasteiger partial charge in [-0.05, 0) is 44.7 Å². The fraction of sp³-hybridized carbons (Fsp3) is 0.600. The highest BCUT2D eigenvalue weighted by molar-refractivity contribution is 6.42. The first-order valence-electron chi connectivity index (χ1n) is 6.89. The van der Waals surface area contributed by atoms with Crippen LogP contribution in [0.5, 0.6) is 5.75 Å². The standard InChI is InChI=1S/C15H21Cl2NO2/c1-15(2,10-3-4-10)18-8-11(19)9-20-12-5-6-13(16)14(17)7-12/h5-7,10-11,18-19H,3-4,8-9H2,1-2H3. The average molecular weight is 318 g/mol. The number of nitrogens with one attached hydrogen (secondary N) is 1. The van der Waals surface area contributed by atoms with Gasteiger partial charge in [-0.3, -0.25) is 0 Å². The molecule has 1 aliphatic rings. The van der Waals surface area contributed by atoms with Crippen LogP contribution in [-0.4, -0.2) is 29.9 Å². The molecule has 0 radical (unpaired) electrons. The zero-order valence-corrected chi connectivity index (χ0v) is 13.3. The Bertz CT molecular complexity index is 461. The first-order chi connectivity index (χ1) is 9.38. The van der Waals surface area contributed by atoms with Crippen molar-refractivity contribution in [3.8, 4) is 5.75 Å². The van der Waals surface area contributed by atoms with Gasteiger partial charge in [-0.15, -0.1) is 0 Å². The molecule has 1 atom stereocenters. The monoisotopic (exact) mass is 317 g/mol. The van der Waals surface area contributed by atoms with Crippen molar-refractivity contribution in [2.24, 2.45) is 5.92 Å². The third-order valence-electron chi connectivity index (χ3n) is 3.72. The highest BCUT2D eigenvalue weighted by Crippen LogP contribution is 2.39. The lowest BCUT2D eigenvalue weighted by molar-refractivity contribution is 0.0971. The van der Waals surface area contributed by atoms with Crippen molar-refractivity contribution in [3.05, 3.63) is 28.2 Å². The van der Waals surface area contributed by atoms with Crippen molar-refractivity contribution in [3.63, 3.8) is 0 Å². The second-order valence-corrected chi connectivity index (χ2v) is 6.73. The van der Waals surface area contributed by atoms with Gasteiger partial charge in [0.2, 0.25) is 0 Å². The number of hydrogen-bond acceptors (Lipinski definition) is 3. The summed E-state index contributed by atoms with van der Waals surface area (Å²) in [6.07, 6.45) is 1.99. The summed E-state index contributed by atoms with van der Waals surface area (Å²) >= 11 is 11.7. The molecule has 2 N–H and O–H groups in total. The van der Waals surface area contributed by atoms with Crippen molar-refractivity contribution < 1.29 is 9.84 Å². The third-order valence-corrected chi connectivity index (χ3v) is 4.46. The van der Waals surface area contributed by atoms with Crippen LogP contribution in [0.3, 0.4) is 0 Å². The Hall–Kier alpha value is -0.480. The van der Waals surface area contributed by atoms with E-state index >= 15 is 0 Å². The summed E-state index contributed by atoms with van der Waals surface area (Å²) in [5.74, 6) is 1.34. The summed E-state index contributed by atoms with van der Waals surface area (Å²) in [5, 5.41) is 14.3. The van der Waals surface area contributed by atoms with Gasteiger partial charge in [0.05, 0.1) is 10.0 Å². The van der Waals surface area contributed by atoms with E-state index < -0.39 is 6.10 Å². The van der Waals surface area contributed by atoms with E-state index in [4.69, 9.17) is 27.9 Å². The number of benzene rings is 1. The van der Waals surface area contributed by atoms with E-state index in [1.807, 2.05) is 0 Å². The smallest absolute Gasteiger partial charge is 0.121 e. The molecule has 1 fully saturated rings. The number of halogens is 2. The summed E-state index contributed by atoms with van der Waals surface area (Å²) in [6.45, 7) is 5.10. The van der Waals surface area contributed by atoms with E-state index in [1.165, 1.54) is 12.8 Å². The predicted molar refractivity (Wildman–Crippen MR) is 82.8 cm³/mol. The molecule has 0 amide bonds. The molecule has 0 aliphatic heterocycles. The Morgan fingerprint density at radius 2 is 2.05 bits per heavy atom. The minimum Gasteiger partial charge on any atom is -0.491 e. The molecule has 0 aromatic heterocycles. The van der Waals surface area contributed by atoms with Crippen molar-refractivity contribution >= 4 is 23.2 Å². The van der Waals surface area contributed by atoms with Gasteiger partial charge >= 0.3 is 0 Å². The molecule has 20 heavy (non-hydrogen) atoms. The molecule has 0 bridgehead atoms. The Morgan fingerprint density at radius 3 is 2.65 bits per heavy atom. The van der Waals surface area contributed by atoms with Gasteiger partial charge < -0.3 is 15.2 Å². The van der Waals surface area contributed by atoms with Crippen LogP contribution in [0, 0.1) is 5.92 Å². The molecule has 2 rings (SSSR count).